The van der Waals surface area contributed by atoms with Crippen LogP contribution in [0.25, 0.3) is 0 Å². The van der Waals surface area contributed by atoms with Gasteiger partial charge in [0.05, 0.1) is 10.6 Å². The van der Waals surface area contributed by atoms with E-state index in [1.54, 1.807) is 31.3 Å². The van der Waals surface area contributed by atoms with E-state index >= 15 is 0 Å². The molecule has 0 fully saturated rings. The Labute approximate surface area is 189 Å². The van der Waals surface area contributed by atoms with Crippen molar-refractivity contribution in [2.24, 2.45) is 4.99 Å². The van der Waals surface area contributed by atoms with Gasteiger partial charge in [-0.2, -0.15) is 0 Å². The molecule has 0 saturated heterocycles. The molecule has 0 unspecified atom stereocenters. The van der Waals surface area contributed by atoms with Crippen LogP contribution in [0, 0.1) is 13.8 Å². The molecule has 0 aliphatic rings. The molecule has 2 aromatic rings. The average molecular weight is 515 g/mol. The minimum Gasteiger partial charge on any atom is -0.356 e. The zero-order chi connectivity index (χ0) is 19.6. The molecule has 0 aliphatic carbocycles. The van der Waals surface area contributed by atoms with Crippen molar-refractivity contribution in [3.8, 4) is 0 Å². The van der Waals surface area contributed by atoms with Gasteiger partial charge in [-0.3, -0.25) is 9.79 Å². The lowest BCUT2D eigenvalue weighted by Gasteiger charge is -2.13. The maximum Gasteiger partial charge on any atom is 0.252 e. The number of guanidine groups is 1. The predicted molar refractivity (Wildman–Crippen MR) is 128 cm³/mol. The van der Waals surface area contributed by atoms with Crippen LogP contribution in [-0.4, -0.2) is 38.5 Å². The molecule has 0 aromatic heterocycles. The molecule has 0 saturated carbocycles. The summed E-state index contributed by atoms with van der Waals surface area (Å²) in [4.78, 5) is 16.3. The quantitative estimate of drug-likeness (QED) is 0.228. The van der Waals surface area contributed by atoms with Crippen molar-refractivity contribution in [2.45, 2.75) is 20.3 Å². The molecule has 3 N–H and O–H groups in total. The average Bonchev–Trinajstić information content (AvgIpc) is 2.63. The highest BCUT2D eigenvalue weighted by atomic mass is 127. The van der Waals surface area contributed by atoms with Gasteiger partial charge in [-0.15, -0.1) is 24.0 Å². The van der Waals surface area contributed by atoms with Crippen LogP contribution >= 0.6 is 35.6 Å². The number of rotatable bonds is 7. The van der Waals surface area contributed by atoms with Crippen LogP contribution in [-0.2, 0) is 6.42 Å². The molecule has 2 aromatic carbocycles. The lowest BCUT2D eigenvalue weighted by Crippen LogP contribution is -2.42. The highest BCUT2D eigenvalue weighted by Gasteiger charge is 2.08. The lowest BCUT2D eigenvalue weighted by atomic mass is 10.1. The molecular weight excluding hydrogens is 487 g/mol. The number of nitrogens with one attached hydrogen (secondary N) is 3. The van der Waals surface area contributed by atoms with Gasteiger partial charge in [0.25, 0.3) is 5.91 Å². The van der Waals surface area contributed by atoms with Gasteiger partial charge in [0.2, 0.25) is 0 Å². The third-order valence-electron chi connectivity index (χ3n) is 4.03. The van der Waals surface area contributed by atoms with Gasteiger partial charge >= 0.3 is 0 Å². The Morgan fingerprint density at radius 1 is 0.964 bits per heavy atom. The first-order chi connectivity index (χ1) is 13.0. The molecule has 0 spiro atoms. The number of halogens is 2. The molecule has 0 radical (unpaired) electrons. The molecule has 0 bridgehead atoms. The Kier molecular flexibility index (Phi) is 10.9. The summed E-state index contributed by atoms with van der Waals surface area (Å²) in [6.07, 6.45) is 0.923. The second-order valence-corrected chi connectivity index (χ2v) is 6.81. The number of hydrogen-bond donors (Lipinski definition) is 3. The van der Waals surface area contributed by atoms with Crippen LogP contribution in [0.2, 0.25) is 5.02 Å². The SMILES string of the molecule is CN=C(NCCNC(=O)c1ccccc1Cl)NCCc1cc(C)cc(C)c1.I. The summed E-state index contributed by atoms with van der Waals surface area (Å²) >= 11 is 6.03. The summed E-state index contributed by atoms with van der Waals surface area (Å²) in [5.41, 5.74) is 4.35. The Balaban J connectivity index is 0.00000392. The third-order valence-corrected chi connectivity index (χ3v) is 4.36. The topological polar surface area (TPSA) is 65.5 Å². The molecular formula is C21H28ClIN4O. The maximum atomic E-state index is 12.1. The third kappa shape index (κ3) is 8.06. The highest BCUT2D eigenvalue weighted by Crippen LogP contribution is 2.14. The molecule has 0 aliphatic heterocycles. The Bertz CT molecular complexity index is 790. The van der Waals surface area contributed by atoms with Gasteiger partial charge in [-0.05, 0) is 38.0 Å². The summed E-state index contributed by atoms with van der Waals surface area (Å²) in [6, 6.07) is 13.6. The van der Waals surface area contributed by atoms with Crippen molar-refractivity contribution in [2.75, 3.05) is 26.7 Å². The van der Waals surface area contributed by atoms with Gasteiger partial charge < -0.3 is 16.0 Å². The number of amides is 1. The van der Waals surface area contributed by atoms with E-state index in [9.17, 15) is 4.79 Å². The molecule has 28 heavy (non-hydrogen) atoms. The second-order valence-electron chi connectivity index (χ2n) is 6.41. The Morgan fingerprint density at radius 3 is 2.21 bits per heavy atom. The van der Waals surface area contributed by atoms with E-state index in [2.05, 4.69) is 53.0 Å². The number of hydrogen-bond acceptors (Lipinski definition) is 2. The summed E-state index contributed by atoms with van der Waals surface area (Å²) in [5, 5.41) is 9.78. The van der Waals surface area contributed by atoms with E-state index in [4.69, 9.17) is 11.6 Å². The van der Waals surface area contributed by atoms with Crippen LogP contribution in [0.1, 0.15) is 27.0 Å². The Hall–Kier alpha value is -1.80. The van der Waals surface area contributed by atoms with Crippen LogP contribution in [0.4, 0.5) is 0 Å². The monoisotopic (exact) mass is 514 g/mol. The number of carbonyl (C=O) groups is 1. The van der Waals surface area contributed by atoms with Crippen LogP contribution in [0.15, 0.2) is 47.5 Å². The van der Waals surface area contributed by atoms with Gasteiger partial charge in [0, 0.05) is 26.7 Å². The zero-order valence-electron chi connectivity index (χ0n) is 16.5. The molecule has 0 atom stereocenters. The van der Waals surface area contributed by atoms with Crippen molar-refractivity contribution in [3.63, 3.8) is 0 Å². The van der Waals surface area contributed by atoms with Crippen LogP contribution in [0.5, 0.6) is 0 Å². The van der Waals surface area contributed by atoms with Crippen molar-refractivity contribution in [1.29, 1.82) is 0 Å². The highest BCUT2D eigenvalue weighted by molar-refractivity contribution is 14.0. The molecule has 152 valence electrons. The van der Waals surface area contributed by atoms with E-state index < -0.39 is 0 Å². The van der Waals surface area contributed by atoms with Crippen LogP contribution < -0.4 is 16.0 Å². The van der Waals surface area contributed by atoms with E-state index in [1.807, 2.05) is 0 Å². The largest absolute Gasteiger partial charge is 0.356 e. The van der Waals surface area contributed by atoms with Crippen molar-refractivity contribution in [3.05, 3.63) is 69.7 Å². The summed E-state index contributed by atoms with van der Waals surface area (Å²) < 4.78 is 0. The standard InChI is InChI=1S/C21H27ClN4O.HI/c1-15-12-16(2)14-17(13-15)8-9-25-21(23-3)26-11-10-24-20(27)18-6-4-5-7-19(18)22;/h4-7,12-14H,8-11H2,1-3H3,(H,24,27)(H2,23,25,26);1H. The molecule has 0 heterocycles. The lowest BCUT2D eigenvalue weighted by molar-refractivity contribution is 0.0954. The first-order valence-corrected chi connectivity index (χ1v) is 9.42. The van der Waals surface area contributed by atoms with E-state index in [0.29, 0.717) is 29.6 Å². The second kappa shape index (κ2) is 12.6. The van der Waals surface area contributed by atoms with E-state index in [1.165, 1.54) is 16.7 Å². The molecule has 2 rings (SSSR count). The fourth-order valence-corrected chi connectivity index (χ4v) is 3.08. The number of aliphatic imine (C=N–C) groups is 1. The first-order valence-electron chi connectivity index (χ1n) is 9.04. The van der Waals surface area contributed by atoms with Gasteiger partial charge in [-0.1, -0.05) is 53.1 Å². The minimum absolute atomic E-state index is 0. The van der Waals surface area contributed by atoms with Gasteiger partial charge in [-0.25, -0.2) is 0 Å². The maximum absolute atomic E-state index is 12.1. The zero-order valence-corrected chi connectivity index (χ0v) is 19.6. The summed E-state index contributed by atoms with van der Waals surface area (Å²) in [7, 11) is 1.73. The fourth-order valence-electron chi connectivity index (χ4n) is 2.86. The van der Waals surface area contributed by atoms with Crippen molar-refractivity contribution >= 4 is 47.4 Å². The van der Waals surface area contributed by atoms with Gasteiger partial charge in [0.1, 0.15) is 0 Å². The van der Waals surface area contributed by atoms with Crippen molar-refractivity contribution < 1.29 is 4.79 Å². The number of nitrogens with zero attached hydrogens (tertiary/aromatic N) is 1. The smallest absolute Gasteiger partial charge is 0.252 e. The number of benzene rings is 2. The summed E-state index contributed by atoms with van der Waals surface area (Å²) in [6.45, 7) is 6.05. The normalized spacial score (nSPS) is 10.8. The molecule has 1 amide bonds. The predicted octanol–water partition coefficient (Wildman–Crippen LogP) is 3.71. The van der Waals surface area contributed by atoms with Crippen molar-refractivity contribution in [1.82, 2.24) is 16.0 Å². The fraction of sp³-hybridized carbons (Fsp3) is 0.333. The number of carbonyl (C=O) groups excluding carboxylic acids is 1. The minimum atomic E-state index is -0.180. The van der Waals surface area contributed by atoms with Crippen LogP contribution in [0.3, 0.4) is 0 Å². The van der Waals surface area contributed by atoms with Gasteiger partial charge in [0.15, 0.2) is 5.96 Å². The van der Waals surface area contributed by atoms with E-state index in [0.717, 1.165) is 13.0 Å². The van der Waals surface area contributed by atoms with E-state index in [-0.39, 0.29) is 29.9 Å². The Morgan fingerprint density at radius 2 is 1.57 bits per heavy atom. The molecule has 7 heteroatoms. The summed E-state index contributed by atoms with van der Waals surface area (Å²) in [5.74, 6) is 0.534. The number of aryl methyl sites for hydroxylation is 2. The first kappa shape index (κ1) is 24.2. The molecule has 5 nitrogen and oxygen atoms in total.